The summed E-state index contributed by atoms with van der Waals surface area (Å²) < 4.78 is 23.7. The number of hydrogen-bond acceptors (Lipinski definition) is 6. The van der Waals surface area contributed by atoms with Crippen LogP contribution in [-0.4, -0.2) is 30.1 Å². The zero-order valence-electron chi connectivity index (χ0n) is 14.7. The second-order valence-corrected chi connectivity index (χ2v) is 5.45. The van der Waals surface area contributed by atoms with Crippen molar-refractivity contribution in [3.63, 3.8) is 0 Å². The second kappa shape index (κ2) is 8.13. The van der Waals surface area contributed by atoms with Gasteiger partial charge in [0.1, 0.15) is 17.3 Å². The van der Waals surface area contributed by atoms with Crippen molar-refractivity contribution in [3.8, 4) is 11.5 Å². The fourth-order valence-electron chi connectivity index (χ4n) is 2.31. The lowest BCUT2D eigenvalue weighted by atomic mass is 10.2. The van der Waals surface area contributed by atoms with E-state index in [0.29, 0.717) is 22.9 Å². The van der Waals surface area contributed by atoms with Crippen LogP contribution in [0.3, 0.4) is 0 Å². The molecule has 138 valence electrons. The second-order valence-electron chi connectivity index (χ2n) is 5.45. The normalized spacial score (nSPS) is 10.2. The Morgan fingerprint density at radius 2 is 1.81 bits per heavy atom. The van der Waals surface area contributed by atoms with E-state index in [0.717, 1.165) is 0 Å². The Kier molecular flexibility index (Phi) is 5.46. The largest absolute Gasteiger partial charge is 0.497 e. The summed E-state index contributed by atoms with van der Waals surface area (Å²) in [7, 11) is 3.11. The van der Waals surface area contributed by atoms with Crippen molar-refractivity contribution in [1.29, 1.82) is 0 Å². The summed E-state index contributed by atoms with van der Waals surface area (Å²) >= 11 is 0. The van der Waals surface area contributed by atoms with E-state index in [1.54, 1.807) is 38.5 Å². The highest BCUT2D eigenvalue weighted by molar-refractivity contribution is 6.03. The molecule has 0 aliphatic rings. The Labute approximate surface area is 155 Å². The predicted octanol–water partition coefficient (Wildman–Crippen LogP) is 3.63. The predicted molar refractivity (Wildman–Crippen MR) is 99.2 cm³/mol. The van der Waals surface area contributed by atoms with Gasteiger partial charge in [-0.2, -0.15) is 0 Å². The highest BCUT2D eigenvalue weighted by Crippen LogP contribution is 2.30. The smallest absolute Gasteiger partial charge is 0.258 e. The zero-order chi connectivity index (χ0) is 19.2. The molecule has 0 radical (unpaired) electrons. The van der Waals surface area contributed by atoms with Gasteiger partial charge in [0, 0.05) is 24.1 Å². The van der Waals surface area contributed by atoms with Crippen molar-refractivity contribution >= 4 is 23.2 Å². The highest BCUT2D eigenvalue weighted by Gasteiger charge is 2.10. The van der Waals surface area contributed by atoms with E-state index < -0.39 is 11.7 Å². The number of anilines is 3. The van der Waals surface area contributed by atoms with Crippen molar-refractivity contribution in [2.75, 3.05) is 24.9 Å². The van der Waals surface area contributed by atoms with Crippen LogP contribution in [-0.2, 0) is 0 Å². The molecule has 1 aromatic heterocycles. The fraction of sp³-hybridized carbons (Fsp3) is 0.105. The highest BCUT2D eigenvalue weighted by atomic mass is 19.1. The monoisotopic (exact) mass is 368 g/mol. The minimum Gasteiger partial charge on any atom is -0.497 e. The van der Waals surface area contributed by atoms with Crippen molar-refractivity contribution in [2.45, 2.75) is 0 Å². The van der Waals surface area contributed by atoms with Crippen LogP contribution in [0.15, 0.2) is 54.9 Å². The molecular formula is C19H17FN4O3. The number of methoxy groups -OCH3 is 2. The topological polar surface area (TPSA) is 85.4 Å². The molecule has 0 saturated carbocycles. The number of amides is 1. The van der Waals surface area contributed by atoms with E-state index in [9.17, 15) is 9.18 Å². The first-order chi connectivity index (χ1) is 13.1. The molecule has 0 spiro atoms. The lowest BCUT2D eigenvalue weighted by Crippen LogP contribution is -2.13. The SMILES string of the molecule is COc1ccc(OC)c(Nc2ncc(C(=O)Nc3cccc(F)c3)cn2)c1. The Morgan fingerprint density at radius 3 is 2.48 bits per heavy atom. The summed E-state index contributed by atoms with van der Waals surface area (Å²) in [5.41, 5.74) is 1.21. The lowest BCUT2D eigenvalue weighted by molar-refractivity contribution is 0.102. The van der Waals surface area contributed by atoms with E-state index >= 15 is 0 Å². The van der Waals surface area contributed by atoms with E-state index in [2.05, 4.69) is 20.6 Å². The molecule has 1 amide bonds. The molecule has 1 heterocycles. The zero-order valence-corrected chi connectivity index (χ0v) is 14.7. The standard InChI is InChI=1S/C19H17FN4O3/c1-26-15-6-7-17(27-2)16(9-15)24-19-21-10-12(11-22-19)18(25)23-14-5-3-4-13(20)8-14/h3-11H,1-2H3,(H,23,25)(H,21,22,24). The molecule has 2 aromatic carbocycles. The average molecular weight is 368 g/mol. The van der Waals surface area contributed by atoms with Gasteiger partial charge in [0.05, 0.1) is 25.5 Å². The van der Waals surface area contributed by atoms with Crippen LogP contribution in [0.2, 0.25) is 0 Å². The Bertz CT molecular complexity index is 948. The quantitative estimate of drug-likeness (QED) is 0.691. The first-order valence-electron chi connectivity index (χ1n) is 7.97. The molecular weight excluding hydrogens is 351 g/mol. The first-order valence-corrected chi connectivity index (χ1v) is 7.97. The average Bonchev–Trinajstić information content (AvgIpc) is 2.68. The molecule has 0 bridgehead atoms. The number of nitrogens with zero attached hydrogens (tertiary/aromatic N) is 2. The molecule has 27 heavy (non-hydrogen) atoms. The third-order valence-electron chi connectivity index (χ3n) is 3.65. The van der Waals surface area contributed by atoms with Crippen LogP contribution < -0.4 is 20.1 Å². The Hall–Kier alpha value is -3.68. The number of ether oxygens (including phenoxy) is 2. The van der Waals surface area contributed by atoms with Gasteiger partial charge < -0.3 is 20.1 Å². The summed E-state index contributed by atoms with van der Waals surface area (Å²) in [4.78, 5) is 20.5. The molecule has 7 nitrogen and oxygen atoms in total. The maximum atomic E-state index is 13.2. The fourth-order valence-corrected chi connectivity index (χ4v) is 2.31. The Morgan fingerprint density at radius 1 is 1.04 bits per heavy atom. The number of rotatable bonds is 6. The molecule has 0 fully saturated rings. The minimum absolute atomic E-state index is 0.238. The van der Waals surface area contributed by atoms with Gasteiger partial charge in [-0.25, -0.2) is 14.4 Å². The van der Waals surface area contributed by atoms with Crippen molar-refractivity contribution < 1.29 is 18.7 Å². The number of aromatic nitrogens is 2. The van der Waals surface area contributed by atoms with Crippen LogP contribution in [0.1, 0.15) is 10.4 Å². The summed E-state index contributed by atoms with van der Waals surface area (Å²) in [5, 5.41) is 5.60. The number of benzene rings is 2. The first kappa shape index (κ1) is 18.1. The van der Waals surface area contributed by atoms with Crippen LogP contribution in [0.4, 0.5) is 21.7 Å². The maximum absolute atomic E-state index is 13.2. The molecule has 0 aliphatic carbocycles. The number of halogens is 1. The van der Waals surface area contributed by atoms with Crippen LogP contribution in [0.5, 0.6) is 11.5 Å². The molecule has 0 aliphatic heterocycles. The summed E-state index contributed by atoms with van der Waals surface area (Å²) in [6, 6.07) is 10.9. The van der Waals surface area contributed by atoms with Crippen molar-refractivity contribution in [2.24, 2.45) is 0 Å². The number of carbonyl (C=O) groups excluding carboxylic acids is 1. The van der Waals surface area contributed by atoms with Gasteiger partial charge >= 0.3 is 0 Å². The van der Waals surface area contributed by atoms with Gasteiger partial charge in [0.25, 0.3) is 5.91 Å². The van der Waals surface area contributed by atoms with Gasteiger partial charge in [-0.05, 0) is 30.3 Å². The molecule has 0 atom stereocenters. The molecule has 8 heteroatoms. The van der Waals surface area contributed by atoms with E-state index in [1.165, 1.54) is 30.6 Å². The van der Waals surface area contributed by atoms with Crippen molar-refractivity contribution in [1.82, 2.24) is 9.97 Å². The van der Waals surface area contributed by atoms with Gasteiger partial charge in [0.15, 0.2) is 0 Å². The molecule has 3 rings (SSSR count). The van der Waals surface area contributed by atoms with Gasteiger partial charge in [-0.3, -0.25) is 4.79 Å². The van der Waals surface area contributed by atoms with Crippen LogP contribution >= 0.6 is 0 Å². The van der Waals surface area contributed by atoms with E-state index in [4.69, 9.17) is 9.47 Å². The van der Waals surface area contributed by atoms with Crippen LogP contribution in [0.25, 0.3) is 0 Å². The lowest BCUT2D eigenvalue weighted by Gasteiger charge is -2.11. The summed E-state index contributed by atoms with van der Waals surface area (Å²) in [5.74, 6) is 0.641. The van der Waals surface area contributed by atoms with Gasteiger partial charge in [0.2, 0.25) is 5.95 Å². The number of nitrogens with one attached hydrogen (secondary N) is 2. The number of hydrogen-bond donors (Lipinski definition) is 2. The molecule has 0 saturated heterocycles. The summed E-state index contributed by atoms with van der Waals surface area (Å²) in [6.07, 6.45) is 2.74. The molecule has 2 N–H and O–H groups in total. The van der Waals surface area contributed by atoms with Gasteiger partial charge in [-0.15, -0.1) is 0 Å². The van der Waals surface area contributed by atoms with Crippen LogP contribution in [0, 0.1) is 5.82 Å². The Balaban J connectivity index is 1.73. The van der Waals surface area contributed by atoms with E-state index in [1.807, 2.05) is 0 Å². The molecule has 3 aromatic rings. The number of carbonyl (C=O) groups is 1. The minimum atomic E-state index is -0.439. The summed E-state index contributed by atoms with van der Waals surface area (Å²) in [6.45, 7) is 0. The van der Waals surface area contributed by atoms with Crippen molar-refractivity contribution in [3.05, 3.63) is 66.2 Å². The van der Waals surface area contributed by atoms with E-state index in [-0.39, 0.29) is 11.5 Å². The molecule has 0 unspecified atom stereocenters. The maximum Gasteiger partial charge on any atom is 0.258 e. The third-order valence-corrected chi connectivity index (χ3v) is 3.65. The van der Waals surface area contributed by atoms with Gasteiger partial charge in [-0.1, -0.05) is 6.07 Å². The third kappa shape index (κ3) is 4.49.